The van der Waals surface area contributed by atoms with Crippen LogP contribution in [0.25, 0.3) is 0 Å². The van der Waals surface area contributed by atoms with Gasteiger partial charge in [-0.05, 0) is 11.8 Å². The van der Waals surface area contributed by atoms with Crippen LogP contribution in [0.4, 0.5) is 0 Å². The Labute approximate surface area is 88.7 Å². The van der Waals surface area contributed by atoms with E-state index in [4.69, 9.17) is 11.6 Å². The Morgan fingerprint density at radius 1 is 1.50 bits per heavy atom. The van der Waals surface area contributed by atoms with Crippen molar-refractivity contribution in [3.05, 3.63) is 27.9 Å². The van der Waals surface area contributed by atoms with Crippen molar-refractivity contribution >= 4 is 11.6 Å². The van der Waals surface area contributed by atoms with Crippen LogP contribution in [0, 0.1) is 5.41 Å². The van der Waals surface area contributed by atoms with E-state index in [2.05, 4.69) is 25.8 Å². The SMILES string of the molecule is CC(C)(C)CCn1cnc(Cl)cc1=O. The molecule has 0 saturated heterocycles. The van der Waals surface area contributed by atoms with Crippen LogP contribution < -0.4 is 5.56 Å². The van der Waals surface area contributed by atoms with Gasteiger partial charge in [0, 0.05) is 12.6 Å². The van der Waals surface area contributed by atoms with Crippen molar-refractivity contribution < 1.29 is 0 Å². The van der Waals surface area contributed by atoms with Gasteiger partial charge < -0.3 is 0 Å². The van der Waals surface area contributed by atoms with Crippen molar-refractivity contribution in [3.63, 3.8) is 0 Å². The van der Waals surface area contributed by atoms with Crippen molar-refractivity contribution in [2.45, 2.75) is 33.7 Å². The van der Waals surface area contributed by atoms with Crippen molar-refractivity contribution in [2.24, 2.45) is 5.41 Å². The quantitative estimate of drug-likeness (QED) is 0.709. The summed E-state index contributed by atoms with van der Waals surface area (Å²) in [7, 11) is 0. The summed E-state index contributed by atoms with van der Waals surface area (Å²) in [6.07, 6.45) is 2.44. The molecule has 0 radical (unpaired) electrons. The fourth-order valence-corrected chi connectivity index (χ4v) is 1.16. The Morgan fingerprint density at radius 2 is 2.14 bits per heavy atom. The number of nitrogens with zero attached hydrogens (tertiary/aromatic N) is 2. The third-order valence-electron chi connectivity index (χ3n) is 1.95. The molecule has 0 aliphatic heterocycles. The van der Waals surface area contributed by atoms with E-state index in [0.29, 0.717) is 6.54 Å². The monoisotopic (exact) mass is 214 g/mol. The van der Waals surface area contributed by atoms with Gasteiger partial charge in [0.05, 0.1) is 6.33 Å². The van der Waals surface area contributed by atoms with Crippen LogP contribution >= 0.6 is 11.6 Å². The molecule has 78 valence electrons. The van der Waals surface area contributed by atoms with Crippen LogP contribution in [0.3, 0.4) is 0 Å². The highest BCUT2D eigenvalue weighted by atomic mass is 35.5. The summed E-state index contributed by atoms with van der Waals surface area (Å²) in [5.41, 5.74) is 0.133. The van der Waals surface area contributed by atoms with Crippen LogP contribution in [0.5, 0.6) is 0 Å². The lowest BCUT2D eigenvalue weighted by Crippen LogP contribution is -2.22. The summed E-state index contributed by atoms with van der Waals surface area (Å²) in [6.45, 7) is 7.11. The highest BCUT2D eigenvalue weighted by Gasteiger charge is 2.10. The summed E-state index contributed by atoms with van der Waals surface area (Å²) in [5, 5.41) is 0.252. The Balaban J connectivity index is 2.74. The van der Waals surface area contributed by atoms with Gasteiger partial charge in [-0.15, -0.1) is 0 Å². The molecule has 0 aliphatic carbocycles. The maximum Gasteiger partial charge on any atom is 0.254 e. The average molecular weight is 215 g/mol. The second-order valence-electron chi connectivity index (χ2n) is 4.55. The van der Waals surface area contributed by atoms with E-state index in [9.17, 15) is 4.79 Å². The van der Waals surface area contributed by atoms with Gasteiger partial charge >= 0.3 is 0 Å². The number of aromatic nitrogens is 2. The first-order valence-electron chi connectivity index (χ1n) is 4.60. The number of hydrogen-bond acceptors (Lipinski definition) is 2. The molecule has 0 N–H and O–H groups in total. The van der Waals surface area contributed by atoms with Gasteiger partial charge in [0.25, 0.3) is 5.56 Å². The maximum atomic E-state index is 11.4. The minimum Gasteiger partial charge on any atom is -0.299 e. The van der Waals surface area contributed by atoms with E-state index in [1.165, 1.54) is 12.4 Å². The van der Waals surface area contributed by atoms with Gasteiger partial charge in [-0.3, -0.25) is 9.36 Å². The lowest BCUT2D eigenvalue weighted by Gasteiger charge is -2.18. The van der Waals surface area contributed by atoms with Crippen LogP contribution in [0.1, 0.15) is 27.2 Å². The van der Waals surface area contributed by atoms with Gasteiger partial charge in [0.2, 0.25) is 0 Å². The molecule has 1 rings (SSSR count). The number of hydrogen-bond donors (Lipinski definition) is 0. The van der Waals surface area contributed by atoms with E-state index in [-0.39, 0.29) is 16.1 Å². The molecule has 1 aromatic heterocycles. The zero-order valence-corrected chi connectivity index (χ0v) is 9.51. The van der Waals surface area contributed by atoms with Crippen molar-refractivity contribution in [3.8, 4) is 0 Å². The third-order valence-corrected chi connectivity index (χ3v) is 2.16. The van der Waals surface area contributed by atoms with Crippen molar-refractivity contribution in [1.82, 2.24) is 9.55 Å². The molecule has 1 aromatic rings. The first-order chi connectivity index (χ1) is 6.38. The Bertz CT molecular complexity index is 365. The Morgan fingerprint density at radius 3 is 2.64 bits per heavy atom. The minimum atomic E-state index is -0.0887. The number of rotatable bonds is 2. The summed E-state index contributed by atoms with van der Waals surface area (Å²) >= 11 is 5.58. The van der Waals surface area contributed by atoms with Crippen LogP contribution in [-0.2, 0) is 6.54 Å². The molecule has 3 nitrogen and oxygen atoms in total. The first kappa shape index (κ1) is 11.2. The third kappa shape index (κ3) is 3.50. The van der Waals surface area contributed by atoms with Crippen molar-refractivity contribution in [1.29, 1.82) is 0 Å². The second-order valence-corrected chi connectivity index (χ2v) is 4.94. The summed E-state index contributed by atoms with van der Waals surface area (Å²) in [5.74, 6) is 0. The molecule has 0 atom stereocenters. The molecule has 14 heavy (non-hydrogen) atoms. The van der Waals surface area contributed by atoms with E-state index in [0.717, 1.165) is 6.42 Å². The standard InChI is InChI=1S/C10H15ClN2O/c1-10(2,3)4-5-13-7-12-8(11)6-9(13)14/h6-7H,4-5H2,1-3H3. The van der Waals surface area contributed by atoms with Crippen LogP contribution in [0.15, 0.2) is 17.2 Å². The van der Waals surface area contributed by atoms with Gasteiger partial charge in [0.15, 0.2) is 0 Å². The number of aryl methyl sites for hydroxylation is 1. The van der Waals surface area contributed by atoms with Crippen LogP contribution in [-0.4, -0.2) is 9.55 Å². The zero-order valence-electron chi connectivity index (χ0n) is 8.75. The van der Waals surface area contributed by atoms with Crippen molar-refractivity contribution in [2.75, 3.05) is 0 Å². The normalized spacial score (nSPS) is 11.7. The first-order valence-corrected chi connectivity index (χ1v) is 4.98. The van der Waals surface area contributed by atoms with Gasteiger partial charge in [-0.25, -0.2) is 4.98 Å². The fraction of sp³-hybridized carbons (Fsp3) is 0.600. The second kappa shape index (κ2) is 4.13. The Kier molecular flexibility index (Phi) is 3.32. The molecule has 0 amide bonds. The van der Waals surface area contributed by atoms with Gasteiger partial charge in [-0.2, -0.15) is 0 Å². The number of halogens is 1. The Hall–Kier alpha value is -0.830. The molecule has 4 heteroatoms. The van der Waals surface area contributed by atoms with Crippen LogP contribution in [0.2, 0.25) is 5.15 Å². The summed E-state index contributed by atoms with van der Waals surface area (Å²) < 4.78 is 1.58. The highest BCUT2D eigenvalue weighted by molar-refractivity contribution is 6.29. The van der Waals surface area contributed by atoms with E-state index >= 15 is 0 Å². The average Bonchev–Trinajstić information content (AvgIpc) is 2.00. The van der Waals surface area contributed by atoms with E-state index in [1.807, 2.05) is 0 Å². The summed E-state index contributed by atoms with van der Waals surface area (Å²) in [4.78, 5) is 15.3. The topological polar surface area (TPSA) is 34.9 Å². The molecular formula is C10H15ClN2O. The maximum absolute atomic E-state index is 11.4. The zero-order chi connectivity index (χ0) is 10.8. The molecule has 0 aliphatic rings. The molecule has 0 aromatic carbocycles. The smallest absolute Gasteiger partial charge is 0.254 e. The summed E-state index contributed by atoms with van der Waals surface area (Å²) in [6, 6.07) is 1.34. The van der Waals surface area contributed by atoms with E-state index < -0.39 is 0 Å². The molecule has 1 heterocycles. The minimum absolute atomic E-state index is 0.0887. The largest absolute Gasteiger partial charge is 0.299 e. The molecule has 0 fully saturated rings. The fourth-order valence-electron chi connectivity index (χ4n) is 1.03. The molecular weight excluding hydrogens is 200 g/mol. The van der Waals surface area contributed by atoms with E-state index in [1.54, 1.807) is 4.57 Å². The van der Waals surface area contributed by atoms with Gasteiger partial charge in [0.1, 0.15) is 5.15 Å². The molecule has 0 saturated carbocycles. The molecule has 0 unspecified atom stereocenters. The lowest BCUT2D eigenvalue weighted by atomic mass is 9.92. The van der Waals surface area contributed by atoms with Gasteiger partial charge in [-0.1, -0.05) is 32.4 Å². The predicted octanol–water partition coefficient (Wildman–Crippen LogP) is 2.33. The molecule has 0 spiro atoms. The molecule has 0 bridgehead atoms. The predicted molar refractivity (Wildman–Crippen MR) is 57.6 cm³/mol. The highest BCUT2D eigenvalue weighted by Crippen LogP contribution is 2.18. The lowest BCUT2D eigenvalue weighted by molar-refractivity contribution is 0.347.